The minimum absolute atomic E-state index is 0.0215. The van der Waals surface area contributed by atoms with Crippen LogP contribution in [0.1, 0.15) is 85.0 Å². The van der Waals surface area contributed by atoms with Gasteiger partial charge in [0.15, 0.2) is 12.6 Å². The predicted octanol–water partition coefficient (Wildman–Crippen LogP) is 6.32. The Morgan fingerprint density at radius 3 is 2.46 bits per heavy atom. The molecule has 0 aromatic carbocycles. The smallest absolute Gasteiger partial charge is 0.158 e. The maximum absolute atomic E-state index is 9.44. The van der Waals surface area contributed by atoms with E-state index in [-0.39, 0.29) is 31.4 Å². The lowest BCUT2D eigenvalue weighted by atomic mass is 9.89. The van der Waals surface area contributed by atoms with Gasteiger partial charge in [0, 0.05) is 19.1 Å². The molecule has 0 aromatic heterocycles. The Kier molecular flexibility index (Phi) is 10.5. The van der Waals surface area contributed by atoms with Crippen LogP contribution in [0.15, 0.2) is 35.5 Å². The molecule has 0 radical (unpaired) electrons. The molecular formula is C30H48O5. The van der Waals surface area contributed by atoms with E-state index in [1.807, 2.05) is 6.08 Å². The Labute approximate surface area is 212 Å². The highest BCUT2D eigenvalue weighted by Crippen LogP contribution is 2.52. The van der Waals surface area contributed by atoms with E-state index in [2.05, 4.69) is 39.0 Å². The largest absolute Gasteiger partial charge is 0.392 e. The molecule has 1 N–H and O–H groups in total. The van der Waals surface area contributed by atoms with Gasteiger partial charge in [0.05, 0.1) is 18.8 Å². The molecule has 0 spiro atoms. The van der Waals surface area contributed by atoms with Gasteiger partial charge in [-0.15, -0.1) is 0 Å². The van der Waals surface area contributed by atoms with Crippen LogP contribution in [0.2, 0.25) is 0 Å². The van der Waals surface area contributed by atoms with Crippen LogP contribution in [0.3, 0.4) is 0 Å². The molecule has 0 aromatic rings. The van der Waals surface area contributed by atoms with Gasteiger partial charge in [-0.1, -0.05) is 42.4 Å². The Morgan fingerprint density at radius 1 is 1.06 bits per heavy atom. The van der Waals surface area contributed by atoms with E-state index in [4.69, 9.17) is 18.9 Å². The molecule has 2 saturated carbocycles. The highest BCUT2D eigenvalue weighted by atomic mass is 16.7. The zero-order chi connectivity index (χ0) is 24.6. The monoisotopic (exact) mass is 488 g/mol. The van der Waals surface area contributed by atoms with Gasteiger partial charge in [-0.3, -0.25) is 0 Å². The normalized spacial score (nSPS) is 36.4. The third-order valence-electron chi connectivity index (χ3n) is 8.36. The average Bonchev–Trinajstić information content (AvgIpc) is 3.38. The predicted molar refractivity (Wildman–Crippen MR) is 139 cm³/mol. The first-order chi connectivity index (χ1) is 17.0. The summed E-state index contributed by atoms with van der Waals surface area (Å²) in [4.78, 5) is 0. The Hall–Kier alpha value is -0.980. The summed E-state index contributed by atoms with van der Waals surface area (Å²) in [5.41, 5.74) is 2.76. The number of aliphatic hydroxyl groups is 1. The van der Waals surface area contributed by atoms with Gasteiger partial charge in [0.25, 0.3) is 0 Å². The first-order valence-electron chi connectivity index (χ1n) is 14.2. The third-order valence-corrected chi connectivity index (χ3v) is 8.36. The summed E-state index contributed by atoms with van der Waals surface area (Å²) in [5.74, 6) is 1.92. The van der Waals surface area contributed by atoms with Crippen molar-refractivity contribution in [3.63, 3.8) is 0 Å². The number of aliphatic hydroxyl groups excluding tert-OH is 1. The Bertz CT molecular complexity index is 727. The van der Waals surface area contributed by atoms with Gasteiger partial charge in [-0.2, -0.15) is 0 Å². The Balaban J connectivity index is 1.49. The maximum Gasteiger partial charge on any atom is 0.158 e. The second kappa shape index (κ2) is 13.5. The van der Waals surface area contributed by atoms with Crippen LogP contribution in [0.4, 0.5) is 0 Å². The van der Waals surface area contributed by atoms with Crippen LogP contribution in [-0.4, -0.2) is 49.7 Å². The summed E-state index contributed by atoms with van der Waals surface area (Å²) in [6, 6.07) is 0. The van der Waals surface area contributed by atoms with Crippen LogP contribution in [-0.2, 0) is 18.9 Å². The van der Waals surface area contributed by atoms with Crippen molar-refractivity contribution in [2.24, 2.45) is 23.7 Å². The van der Waals surface area contributed by atoms with E-state index in [1.54, 1.807) is 0 Å². The van der Waals surface area contributed by atoms with Gasteiger partial charge in [0.1, 0.15) is 0 Å². The fourth-order valence-electron chi connectivity index (χ4n) is 6.36. The topological polar surface area (TPSA) is 57.2 Å². The highest BCUT2D eigenvalue weighted by molar-refractivity contribution is 5.18. The summed E-state index contributed by atoms with van der Waals surface area (Å²) in [5, 5.41) is 9.44. The van der Waals surface area contributed by atoms with E-state index >= 15 is 0 Å². The molecule has 0 amide bonds. The molecule has 2 heterocycles. The first kappa shape index (κ1) is 27.1. The van der Waals surface area contributed by atoms with Crippen molar-refractivity contribution in [1.82, 2.24) is 0 Å². The molecule has 8 atom stereocenters. The molecule has 4 fully saturated rings. The van der Waals surface area contributed by atoms with Crippen LogP contribution < -0.4 is 0 Å². The zero-order valence-corrected chi connectivity index (χ0v) is 22.2. The van der Waals surface area contributed by atoms with Gasteiger partial charge in [-0.05, 0) is 95.8 Å². The zero-order valence-electron chi connectivity index (χ0n) is 22.2. The molecule has 198 valence electrons. The van der Waals surface area contributed by atoms with E-state index in [9.17, 15) is 5.11 Å². The fraction of sp³-hybridized carbons (Fsp3) is 0.800. The van der Waals surface area contributed by atoms with Crippen LogP contribution in [0.5, 0.6) is 0 Å². The third kappa shape index (κ3) is 7.75. The average molecular weight is 489 g/mol. The first-order valence-corrected chi connectivity index (χ1v) is 14.2. The van der Waals surface area contributed by atoms with Crippen molar-refractivity contribution in [3.05, 3.63) is 35.5 Å². The van der Waals surface area contributed by atoms with Crippen molar-refractivity contribution in [1.29, 1.82) is 0 Å². The van der Waals surface area contributed by atoms with Gasteiger partial charge in [0.2, 0.25) is 0 Å². The molecule has 4 rings (SSSR count). The van der Waals surface area contributed by atoms with Crippen molar-refractivity contribution in [2.75, 3.05) is 19.8 Å². The minimum atomic E-state index is -0.0999. The molecule has 3 unspecified atom stereocenters. The molecule has 2 aliphatic carbocycles. The van der Waals surface area contributed by atoms with E-state index < -0.39 is 0 Å². The van der Waals surface area contributed by atoms with E-state index in [0.717, 1.165) is 64.6 Å². The van der Waals surface area contributed by atoms with Crippen molar-refractivity contribution in [3.8, 4) is 0 Å². The lowest BCUT2D eigenvalue weighted by Gasteiger charge is -2.31. The van der Waals surface area contributed by atoms with Gasteiger partial charge in [-0.25, -0.2) is 0 Å². The van der Waals surface area contributed by atoms with Gasteiger partial charge < -0.3 is 24.1 Å². The molecule has 4 aliphatic rings. The lowest BCUT2D eigenvalue weighted by Crippen LogP contribution is -2.32. The molecule has 2 saturated heterocycles. The van der Waals surface area contributed by atoms with Crippen LogP contribution in [0.25, 0.3) is 0 Å². The fourth-order valence-corrected chi connectivity index (χ4v) is 6.36. The SMILES string of the molecule is CC(C)=CCC(C)[C@@H](C=C[C@@H]1[C@H]2CC(=CCO)C[C@H]2C[C@H]1OC1CCCCO1)OC1CCCCO1. The van der Waals surface area contributed by atoms with Crippen molar-refractivity contribution >= 4 is 0 Å². The summed E-state index contributed by atoms with van der Waals surface area (Å²) in [6.45, 7) is 8.36. The minimum Gasteiger partial charge on any atom is -0.392 e. The van der Waals surface area contributed by atoms with Crippen molar-refractivity contribution < 1.29 is 24.1 Å². The second-order valence-electron chi connectivity index (χ2n) is 11.4. The van der Waals surface area contributed by atoms with Crippen molar-refractivity contribution in [2.45, 2.75) is 110 Å². The van der Waals surface area contributed by atoms with Crippen LogP contribution >= 0.6 is 0 Å². The molecular weight excluding hydrogens is 440 g/mol. The van der Waals surface area contributed by atoms with Gasteiger partial charge >= 0.3 is 0 Å². The molecule has 2 aliphatic heterocycles. The van der Waals surface area contributed by atoms with Crippen LogP contribution in [0, 0.1) is 23.7 Å². The molecule has 35 heavy (non-hydrogen) atoms. The summed E-state index contributed by atoms with van der Waals surface area (Å²) in [6.07, 6.45) is 20.0. The number of allylic oxidation sites excluding steroid dienone is 3. The number of fused-ring (bicyclic) bond motifs is 1. The molecule has 0 bridgehead atoms. The standard InChI is InChI=1S/C30H48O5/c1-21(2)10-11-22(3)27(34-29-8-4-6-16-32-29)13-12-25-26-19-23(14-15-31)18-24(26)20-28(25)35-30-9-5-7-17-33-30/h10,12-14,22,24-31H,4-9,11,15-20H2,1-3H3/t22?,24-,25+,26-,27+,28+,29?,30?/m0/s1. The quantitative estimate of drug-likeness (QED) is 0.365. The number of ether oxygens (including phenoxy) is 4. The summed E-state index contributed by atoms with van der Waals surface area (Å²) in [7, 11) is 0. The number of hydrogen-bond donors (Lipinski definition) is 1. The second-order valence-corrected chi connectivity index (χ2v) is 11.4. The maximum atomic E-state index is 9.44. The van der Waals surface area contributed by atoms with E-state index in [1.165, 1.54) is 24.0 Å². The summed E-state index contributed by atoms with van der Waals surface area (Å²) < 4.78 is 25.0. The lowest BCUT2D eigenvalue weighted by molar-refractivity contribution is -0.193. The summed E-state index contributed by atoms with van der Waals surface area (Å²) >= 11 is 0. The number of rotatable bonds is 10. The molecule has 5 nitrogen and oxygen atoms in total. The van der Waals surface area contributed by atoms with E-state index in [0.29, 0.717) is 23.7 Å². The Morgan fingerprint density at radius 2 is 1.80 bits per heavy atom. The highest BCUT2D eigenvalue weighted by Gasteiger charge is 2.47. The number of hydrogen-bond acceptors (Lipinski definition) is 5. The molecule has 5 heteroatoms.